The van der Waals surface area contributed by atoms with E-state index >= 15 is 0 Å². The van der Waals surface area contributed by atoms with E-state index in [9.17, 15) is 4.79 Å². The molecular formula is C21H24BrNO2S. The molecule has 1 fully saturated rings. The molecule has 3 rings (SSSR count). The van der Waals surface area contributed by atoms with Crippen LogP contribution in [0.2, 0.25) is 0 Å². The topological polar surface area (TPSA) is 38.3 Å². The molecule has 1 saturated heterocycles. The molecule has 0 unspecified atom stereocenters. The van der Waals surface area contributed by atoms with Crippen LogP contribution in [0.15, 0.2) is 59.1 Å². The van der Waals surface area contributed by atoms with Crippen LogP contribution in [0.4, 0.5) is 0 Å². The molecule has 1 aliphatic rings. The second-order valence-electron chi connectivity index (χ2n) is 6.65. The van der Waals surface area contributed by atoms with E-state index in [-0.39, 0.29) is 11.3 Å². The first kappa shape index (κ1) is 19.5. The van der Waals surface area contributed by atoms with Gasteiger partial charge in [-0.15, -0.1) is 11.8 Å². The van der Waals surface area contributed by atoms with Crippen LogP contribution < -0.4 is 5.32 Å². The third kappa shape index (κ3) is 5.35. The van der Waals surface area contributed by atoms with Crippen molar-refractivity contribution in [2.75, 3.05) is 25.5 Å². The molecule has 1 N–H and O–H groups in total. The number of carbonyl (C=O) groups is 1. The SMILES string of the molecule is O=C(CSCc1ccc(Br)cc1)NCC1(c2ccccc2)CCOCC1. The largest absolute Gasteiger partial charge is 0.381 e. The van der Waals surface area contributed by atoms with E-state index in [4.69, 9.17) is 4.74 Å². The number of benzene rings is 2. The molecule has 1 aliphatic heterocycles. The highest BCUT2D eigenvalue weighted by atomic mass is 79.9. The van der Waals surface area contributed by atoms with Gasteiger partial charge < -0.3 is 10.1 Å². The number of hydrogen-bond donors (Lipinski definition) is 1. The fourth-order valence-electron chi connectivity index (χ4n) is 3.28. The number of hydrogen-bond acceptors (Lipinski definition) is 3. The molecule has 1 amide bonds. The van der Waals surface area contributed by atoms with Gasteiger partial charge in [-0.3, -0.25) is 4.79 Å². The molecule has 2 aromatic rings. The van der Waals surface area contributed by atoms with Crippen molar-refractivity contribution in [1.29, 1.82) is 0 Å². The maximum Gasteiger partial charge on any atom is 0.230 e. The molecule has 0 aliphatic carbocycles. The summed E-state index contributed by atoms with van der Waals surface area (Å²) in [6.07, 6.45) is 1.90. The van der Waals surface area contributed by atoms with E-state index in [0.29, 0.717) is 12.3 Å². The van der Waals surface area contributed by atoms with Gasteiger partial charge in [-0.1, -0.05) is 58.4 Å². The molecule has 0 radical (unpaired) electrons. The number of nitrogens with one attached hydrogen (secondary N) is 1. The minimum Gasteiger partial charge on any atom is -0.381 e. The molecule has 1 heterocycles. The number of thioether (sulfide) groups is 1. The van der Waals surface area contributed by atoms with E-state index in [0.717, 1.165) is 36.3 Å². The van der Waals surface area contributed by atoms with Crippen molar-refractivity contribution in [3.05, 3.63) is 70.2 Å². The van der Waals surface area contributed by atoms with Gasteiger partial charge in [0.1, 0.15) is 0 Å². The van der Waals surface area contributed by atoms with Gasteiger partial charge in [0.25, 0.3) is 0 Å². The molecule has 0 aromatic heterocycles. The Morgan fingerprint density at radius 2 is 1.77 bits per heavy atom. The first-order valence-electron chi connectivity index (χ1n) is 8.90. The normalized spacial score (nSPS) is 16.2. The maximum atomic E-state index is 12.3. The second-order valence-corrected chi connectivity index (χ2v) is 8.56. The van der Waals surface area contributed by atoms with E-state index in [1.165, 1.54) is 11.1 Å². The summed E-state index contributed by atoms with van der Waals surface area (Å²) in [6.45, 7) is 2.18. The zero-order chi connectivity index (χ0) is 18.2. The molecular weight excluding hydrogens is 410 g/mol. The highest BCUT2D eigenvalue weighted by molar-refractivity contribution is 9.10. The monoisotopic (exact) mass is 433 g/mol. The van der Waals surface area contributed by atoms with Gasteiger partial charge in [0.05, 0.1) is 5.75 Å². The van der Waals surface area contributed by atoms with Crippen molar-refractivity contribution in [3.63, 3.8) is 0 Å². The van der Waals surface area contributed by atoms with Crippen molar-refractivity contribution < 1.29 is 9.53 Å². The lowest BCUT2D eigenvalue weighted by Crippen LogP contribution is -2.45. The minimum atomic E-state index is -0.00839. The van der Waals surface area contributed by atoms with Crippen molar-refractivity contribution in [2.24, 2.45) is 0 Å². The highest BCUT2D eigenvalue weighted by Gasteiger charge is 2.34. The van der Waals surface area contributed by atoms with Gasteiger partial charge >= 0.3 is 0 Å². The fourth-order valence-corrected chi connectivity index (χ4v) is 4.36. The van der Waals surface area contributed by atoms with Gasteiger partial charge in [0.15, 0.2) is 0 Å². The van der Waals surface area contributed by atoms with E-state index in [2.05, 4.69) is 57.6 Å². The molecule has 0 spiro atoms. The van der Waals surface area contributed by atoms with Gasteiger partial charge in [0, 0.05) is 35.4 Å². The highest BCUT2D eigenvalue weighted by Crippen LogP contribution is 2.34. The molecule has 5 heteroatoms. The summed E-state index contributed by atoms with van der Waals surface area (Å²) >= 11 is 5.09. The van der Waals surface area contributed by atoms with Gasteiger partial charge in [-0.25, -0.2) is 0 Å². The summed E-state index contributed by atoms with van der Waals surface area (Å²) in [5.74, 6) is 1.43. The number of rotatable bonds is 7. The van der Waals surface area contributed by atoms with Crippen LogP contribution in [0.3, 0.4) is 0 Å². The van der Waals surface area contributed by atoms with Gasteiger partial charge in [-0.2, -0.15) is 0 Å². The Morgan fingerprint density at radius 3 is 2.46 bits per heavy atom. The quantitative estimate of drug-likeness (QED) is 0.695. The van der Waals surface area contributed by atoms with Crippen molar-refractivity contribution in [2.45, 2.75) is 24.0 Å². The first-order valence-corrected chi connectivity index (χ1v) is 10.8. The summed E-state index contributed by atoms with van der Waals surface area (Å²) in [4.78, 5) is 12.3. The van der Waals surface area contributed by atoms with Gasteiger partial charge in [-0.05, 0) is 36.1 Å². The minimum absolute atomic E-state index is 0.00839. The number of carbonyl (C=O) groups excluding carboxylic acids is 1. The zero-order valence-electron chi connectivity index (χ0n) is 14.7. The molecule has 26 heavy (non-hydrogen) atoms. The molecule has 0 bridgehead atoms. The summed E-state index contributed by atoms with van der Waals surface area (Å²) in [5, 5.41) is 3.16. The summed E-state index contributed by atoms with van der Waals surface area (Å²) < 4.78 is 6.63. The van der Waals surface area contributed by atoms with Crippen LogP contribution in [-0.2, 0) is 20.7 Å². The van der Waals surface area contributed by atoms with Crippen LogP contribution in [0.1, 0.15) is 24.0 Å². The van der Waals surface area contributed by atoms with Crippen LogP contribution in [0.5, 0.6) is 0 Å². The van der Waals surface area contributed by atoms with Crippen molar-refractivity contribution in [1.82, 2.24) is 5.32 Å². The predicted molar refractivity (Wildman–Crippen MR) is 111 cm³/mol. The Morgan fingerprint density at radius 1 is 1.08 bits per heavy atom. The van der Waals surface area contributed by atoms with Crippen LogP contribution in [0.25, 0.3) is 0 Å². The average Bonchev–Trinajstić information content (AvgIpc) is 2.69. The van der Waals surface area contributed by atoms with Gasteiger partial charge in [0.2, 0.25) is 5.91 Å². The lowest BCUT2D eigenvalue weighted by Gasteiger charge is -2.38. The second kappa shape index (κ2) is 9.58. The Balaban J connectivity index is 1.50. The third-order valence-electron chi connectivity index (χ3n) is 4.88. The van der Waals surface area contributed by atoms with Crippen molar-refractivity contribution in [3.8, 4) is 0 Å². The fraction of sp³-hybridized carbons (Fsp3) is 0.381. The zero-order valence-corrected chi connectivity index (χ0v) is 17.2. The molecule has 0 saturated carbocycles. The Bertz CT molecular complexity index is 700. The average molecular weight is 434 g/mol. The van der Waals surface area contributed by atoms with Crippen LogP contribution in [-0.4, -0.2) is 31.4 Å². The first-order chi connectivity index (χ1) is 12.7. The number of ether oxygens (including phenoxy) is 1. The summed E-state index contributed by atoms with van der Waals surface area (Å²) in [7, 11) is 0. The molecule has 2 aromatic carbocycles. The smallest absolute Gasteiger partial charge is 0.230 e. The lowest BCUT2D eigenvalue weighted by atomic mass is 9.74. The Kier molecular flexibility index (Phi) is 7.17. The van der Waals surface area contributed by atoms with E-state index in [1.807, 2.05) is 18.2 Å². The summed E-state index contributed by atoms with van der Waals surface area (Å²) in [6, 6.07) is 18.7. The van der Waals surface area contributed by atoms with E-state index in [1.54, 1.807) is 11.8 Å². The third-order valence-corrected chi connectivity index (χ3v) is 6.41. The maximum absolute atomic E-state index is 12.3. The standard InChI is InChI=1S/C21H24BrNO2S/c22-19-8-6-17(7-9-19)14-26-15-20(24)23-16-21(10-12-25-13-11-21)18-4-2-1-3-5-18/h1-9H,10-16H2,(H,23,24). The van der Waals surface area contributed by atoms with E-state index < -0.39 is 0 Å². The number of amides is 1. The van der Waals surface area contributed by atoms with Crippen molar-refractivity contribution >= 4 is 33.6 Å². The molecule has 0 atom stereocenters. The Hall–Kier alpha value is -1.30. The summed E-state index contributed by atoms with van der Waals surface area (Å²) in [5.41, 5.74) is 2.52. The predicted octanol–water partition coefficient (Wildman–Crippen LogP) is 4.55. The Labute approximate surface area is 168 Å². The lowest BCUT2D eigenvalue weighted by molar-refractivity contribution is -0.119. The number of halogens is 1. The molecule has 138 valence electrons. The van der Waals surface area contributed by atoms with Crippen LogP contribution in [0, 0.1) is 0 Å². The van der Waals surface area contributed by atoms with Crippen LogP contribution >= 0.6 is 27.7 Å². The molecule has 3 nitrogen and oxygen atoms in total.